The SMILES string of the molecule is CSc1ccc(C2C(C#N)=C(N)Oc3cc(OC(=O)c4cccc([N+](=O)[O-])c4)ccc32)cc1. The number of carbonyl (C=O) groups excluding carboxylic acids is 1. The number of nitrogens with zero attached hydrogens (tertiary/aromatic N) is 2. The first-order chi connectivity index (χ1) is 15.9. The molecular formula is C24H17N3O5S. The number of esters is 1. The number of carbonyl (C=O) groups is 1. The predicted molar refractivity (Wildman–Crippen MR) is 122 cm³/mol. The van der Waals surface area contributed by atoms with Gasteiger partial charge in [0.25, 0.3) is 5.69 Å². The van der Waals surface area contributed by atoms with Crippen molar-refractivity contribution in [3.05, 3.63) is 105 Å². The molecule has 8 nitrogen and oxygen atoms in total. The summed E-state index contributed by atoms with van der Waals surface area (Å²) in [4.78, 5) is 24.0. The number of nitro benzene ring substituents is 1. The number of rotatable bonds is 5. The molecule has 2 N–H and O–H groups in total. The average Bonchev–Trinajstić information content (AvgIpc) is 2.83. The van der Waals surface area contributed by atoms with Gasteiger partial charge in [-0.3, -0.25) is 10.1 Å². The molecule has 0 radical (unpaired) electrons. The largest absolute Gasteiger partial charge is 0.440 e. The molecule has 1 atom stereocenters. The van der Waals surface area contributed by atoms with Gasteiger partial charge >= 0.3 is 5.97 Å². The summed E-state index contributed by atoms with van der Waals surface area (Å²) in [5, 5.41) is 20.6. The van der Waals surface area contributed by atoms with Crippen molar-refractivity contribution >= 4 is 23.4 Å². The van der Waals surface area contributed by atoms with Crippen LogP contribution in [0.4, 0.5) is 5.69 Å². The molecule has 0 aromatic heterocycles. The number of hydrogen-bond acceptors (Lipinski definition) is 8. The van der Waals surface area contributed by atoms with Gasteiger partial charge in [-0.1, -0.05) is 24.3 Å². The number of fused-ring (bicyclic) bond motifs is 1. The Labute approximate surface area is 193 Å². The van der Waals surface area contributed by atoms with Crippen molar-refractivity contribution in [3.63, 3.8) is 0 Å². The fourth-order valence-electron chi connectivity index (χ4n) is 3.55. The number of nitriles is 1. The molecule has 1 heterocycles. The predicted octanol–water partition coefficient (Wildman–Crippen LogP) is 4.75. The van der Waals surface area contributed by atoms with E-state index in [2.05, 4.69) is 6.07 Å². The summed E-state index contributed by atoms with van der Waals surface area (Å²) in [6.45, 7) is 0. The lowest BCUT2D eigenvalue weighted by molar-refractivity contribution is -0.384. The smallest absolute Gasteiger partial charge is 0.343 e. The molecule has 0 fully saturated rings. The van der Waals surface area contributed by atoms with E-state index >= 15 is 0 Å². The van der Waals surface area contributed by atoms with Gasteiger partial charge in [0.2, 0.25) is 5.88 Å². The molecule has 1 unspecified atom stereocenters. The van der Waals surface area contributed by atoms with E-state index in [1.54, 1.807) is 23.9 Å². The molecule has 1 aliphatic rings. The normalized spacial score (nSPS) is 14.6. The minimum Gasteiger partial charge on any atom is -0.440 e. The summed E-state index contributed by atoms with van der Waals surface area (Å²) in [5.74, 6) is -0.674. The first-order valence-corrected chi connectivity index (χ1v) is 11.0. The molecule has 4 rings (SSSR count). The van der Waals surface area contributed by atoms with Crippen molar-refractivity contribution in [3.8, 4) is 17.6 Å². The van der Waals surface area contributed by atoms with Crippen LogP contribution < -0.4 is 15.2 Å². The van der Waals surface area contributed by atoms with Crippen LogP contribution in [0.5, 0.6) is 11.5 Å². The zero-order valence-corrected chi connectivity index (χ0v) is 18.2. The number of nitro groups is 1. The Bertz CT molecular complexity index is 1330. The van der Waals surface area contributed by atoms with Crippen LogP contribution in [0.1, 0.15) is 27.4 Å². The molecule has 0 aliphatic carbocycles. The quantitative estimate of drug-likeness (QED) is 0.190. The number of allylic oxidation sites excluding steroid dienone is 1. The lowest BCUT2D eigenvalue weighted by Crippen LogP contribution is -2.21. The number of nitrogens with two attached hydrogens (primary N) is 1. The van der Waals surface area contributed by atoms with E-state index in [9.17, 15) is 20.2 Å². The fraction of sp³-hybridized carbons (Fsp3) is 0.0833. The van der Waals surface area contributed by atoms with E-state index in [0.717, 1.165) is 16.5 Å². The maximum Gasteiger partial charge on any atom is 0.343 e. The van der Waals surface area contributed by atoms with Gasteiger partial charge in [0, 0.05) is 28.7 Å². The van der Waals surface area contributed by atoms with Gasteiger partial charge < -0.3 is 15.2 Å². The second-order valence-corrected chi connectivity index (χ2v) is 7.97. The minimum atomic E-state index is -0.750. The summed E-state index contributed by atoms with van der Waals surface area (Å²) in [6.07, 6.45) is 1.98. The lowest BCUT2D eigenvalue weighted by atomic mass is 9.83. The summed E-state index contributed by atoms with van der Waals surface area (Å²) in [6, 6.07) is 20.0. The maximum atomic E-state index is 12.5. The third kappa shape index (κ3) is 4.37. The maximum absolute atomic E-state index is 12.5. The number of ether oxygens (including phenoxy) is 2. The number of hydrogen-bond donors (Lipinski definition) is 1. The van der Waals surface area contributed by atoms with Crippen molar-refractivity contribution in [2.45, 2.75) is 10.8 Å². The van der Waals surface area contributed by atoms with Crippen molar-refractivity contribution in [2.75, 3.05) is 6.26 Å². The van der Waals surface area contributed by atoms with Crippen LogP contribution in [0.25, 0.3) is 0 Å². The molecule has 9 heteroatoms. The van der Waals surface area contributed by atoms with E-state index in [1.165, 1.54) is 24.3 Å². The van der Waals surface area contributed by atoms with Gasteiger partial charge in [-0.05, 0) is 36.1 Å². The molecule has 0 amide bonds. The average molecular weight is 459 g/mol. The monoisotopic (exact) mass is 459 g/mol. The molecule has 0 saturated heterocycles. The topological polar surface area (TPSA) is 128 Å². The van der Waals surface area contributed by atoms with E-state index in [0.29, 0.717) is 16.9 Å². The molecule has 0 bridgehead atoms. The zero-order chi connectivity index (χ0) is 23.5. The number of benzene rings is 3. The van der Waals surface area contributed by atoms with Crippen LogP contribution in [-0.2, 0) is 0 Å². The molecular weight excluding hydrogens is 442 g/mol. The summed E-state index contributed by atoms with van der Waals surface area (Å²) < 4.78 is 11.1. The Kier molecular flexibility index (Phi) is 6.02. The van der Waals surface area contributed by atoms with E-state index in [-0.39, 0.29) is 22.9 Å². The second-order valence-electron chi connectivity index (χ2n) is 7.09. The Morgan fingerprint density at radius 1 is 1.18 bits per heavy atom. The van der Waals surface area contributed by atoms with Crippen molar-refractivity contribution in [1.82, 2.24) is 0 Å². The van der Waals surface area contributed by atoms with E-state index in [1.807, 2.05) is 30.5 Å². The lowest BCUT2D eigenvalue weighted by Gasteiger charge is -2.26. The fourth-order valence-corrected chi connectivity index (χ4v) is 3.96. The van der Waals surface area contributed by atoms with Crippen LogP contribution in [0.15, 0.2) is 83.1 Å². The van der Waals surface area contributed by atoms with Gasteiger partial charge in [0.05, 0.1) is 16.4 Å². The molecule has 164 valence electrons. The van der Waals surface area contributed by atoms with E-state index < -0.39 is 16.8 Å². The summed E-state index contributed by atoms with van der Waals surface area (Å²) in [5.41, 5.74) is 7.73. The Balaban J connectivity index is 1.66. The Morgan fingerprint density at radius 3 is 2.61 bits per heavy atom. The highest BCUT2D eigenvalue weighted by Crippen LogP contribution is 2.43. The first kappa shape index (κ1) is 21.9. The third-order valence-electron chi connectivity index (χ3n) is 5.14. The van der Waals surface area contributed by atoms with Crippen LogP contribution in [-0.4, -0.2) is 17.1 Å². The van der Waals surface area contributed by atoms with Gasteiger partial charge in [-0.15, -0.1) is 11.8 Å². The van der Waals surface area contributed by atoms with Crippen LogP contribution in [0.3, 0.4) is 0 Å². The highest BCUT2D eigenvalue weighted by atomic mass is 32.2. The highest BCUT2D eigenvalue weighted by molar-refractivity contribution is 7.98. The molecule has 1 aliphatic heterocycles. The summed E-state index contributed by atoms with van der Waals surface area (Å²) >= 11 is 1.61. The number of non-ortho nitro benzene ring substituents is 1. The van der Waals surface area contributed by atoms with Gasteiger partial charge in [-0.25, -0.2) is 4.79 Å². The first-order valence-electron chi connectivity index (χ1n) is 9.73. The zero-order valence-electron chi connectivity index (χ0n) is 17.3. The standard InChI is InChI=1S/C24H17N3O5S/c1-33-18-8-5-14(6-9-18)22-19-10-7-17(12-21(19)32-23(26)20(22)13-25)31-24(28)15-3-2-4-16(11-15)27(29)30/h2-12,22H,26H2,1H3. The van der Waals surface area contributed by atoms with Crippen molar-refractivity contribution in [2.24, 2.45) is 5.73 Å². The van der Waals surface area contributed by atoms with E-state index in [4.69, 9.17) is 15.2 Å². The van der Waals surface area contributed by atoms with Crippen molar-refractivity contribution < 1.29 is 19.2 Å². The van der Waals surface area contributed by atoms with Gasteiger partial charge in [-0.2, -0.15) is 5.26 Å². The van der Waals surface area contributed by atoms with Gasteiger partial charge in [0.15, 0.2) is 0 Å². The van der Waals surface area contributed by atoms with Crippen LogP contribution >= 0.6 is 11.8 Å². The van der Waals surface area contributed by atoms with Gasteiger partial charge in [0.1, 0.15) is 23.1 Å². The third-order valence-corrected chi connectivity index (χ3v) is 5.89. The molecule has 0 saturated carbocycles. The second kappa shape index (κ2) is 9.06. The summed E-state index contributed by atoms with van der Waals surface area (Å²) in [7, 11) is 0. The van der Waals surface area contributed by atoms with Crippen LogP contribution in [0, 0.1) is 21.4 Å². The highest BCUT2D eigenvalue weighted by Gasteiger charge is 2.31. The molecule has 33 heavy (non-hydrogen) atoms. The molecule has 0 spiro atoms. The number of thioether (sulfide) groups is 1. The van der Waals surface area contributed by atoms with Crippen molar-refractivity contribution in [1.29, 1.82) is 5.26 Å². The Morgan fingerprint density at radius 2 is 1.94 bits per heavy atom. The van der Waals surface area contributed by atoms with Crippen LogP contribution in [0.2, 0.25) is 0 Å². The molecule has 3 aromatic rings. The Hall–Kier alpha value is -4.29. The minimum absolute atomic E-state index is 0.0221. The molecule has 3 aromatic carbocycles.